The Hall–Kier alpha value is -1.50. The van der Waals surface area contributed by atoms with Crippen LogP contribution >= 0.6 is 28.1 Å². The first-order valence-corrected chi connectivity index (χ1v) is 7.73. The molecule has 0 fully saturated rings. The molecule has 0 unspecified atom stereocenters. The van der Waals surface area contributed by atoms with E-state index < -0.39 is 0 Å². The summed E-state index contributed by atoms with van der Waals surface area (Å²) in [5.74, 6) is 0.835. The zero-order valence-electron chi connectivity index (χ0n) is 11.5. The van der Waals surface area contributed by atoms with E-state index in [1.807, 2.05) is 10.6 Å². The van der Waals surface area contributed by atoms with Crippen LogP contribution in [0.4, 0.5) is 0 Å². The molecule has 1 N–H and O–H groups in total. The second kappa shape index (κ2) is 6.09. The number of hydrogen-bond acceptors (Lipinski definition) is 3. The Morgan fingerprint density at radius 3 is 2.81 bits per heavy atom. The molecule has 108 valence electrons. The lowest BCUT2D eigenvalue weighted by Gasteiger charge is -2.07. The number of halogens is 1. The minimum Gasteiger partial charge on any atom is -0.383 e. The number of H-pyrrole nitrogens is 1. The number of rotatable bonds is 4. The lowest BCUT2D eigenvalue weighted by atomic mass is 10.1. The zero-order chi connectivity index (χ0) is 14.8. The van der Waals surface area contributed by atoms with Gasteiger partial charge < -0.3 is 4.74 Å². The first-order valence-electron chi connectivity index (χ1n) is 6.53. The van der Waals surface area contributed by atoms with Crippen molar-refractivity contribution in [3.8, 4) is 11.4 Å². The number of methoxy groups -OCH3 is 1. The quantitative estimate of drug-likeness (QED) is 0.707. The summed E-state index contributed by atoms with van der Waals surface area (Å²) in [6.45, 7) is 1.28. The number of nitrogens with zero attached hydrogens (tertiary/aromatic N) is 2. The molecule has 4 nitrogen and oxygen atoms in total. The van der Waals surface area contributed by atoms with Crippen molar-refractivity contribution in [3.63, 3.8) is 0 Å². The third kappa shape index (κ3) is 2.92. The first-order chi connectivity index (χ1) is 10.2. The minimum atomic E-state index is 0.599. The molecule has 0 amide bonds. The average Bonchev–Trinajstić information content (AvgIpc) is 2.85. The van der Waals surface area contributed by atoms with E-state index in [0.29, 0.717) is 17.9 Å². The SMILES string of the molecule is COCCn1c(-c2ccc3cc(Br)ccc3c2)n[nH]c1=S. The Morgan fingerprint density at radius 2 is 2.00 bits per heavy atom. The maximum Gasteiger partial charge on any atom is 0.195 e. The average molecular weight is 364 g/mol. The van der Waals surface area contributed by atoms with Crippen LogP contribution in [0.1, 0.15) is 0 Å². The van der Waals surface area contributed by atoms with E-state index >= 15 is 0 Å². The van der Waals surface area contributed by atoms with Crippen molar-refractivity contribution < 1.29 is 4.74 Å². The van der Waals surface area contributed by atoms with Gasteiger partial charge in [0.15, 0.2) is 10.6 Å². The van der Waals surface area contributed by atoms with Crippen LogP contribution in [0.25, 0.3) is 22.2 Å². The molecule has 1 heterocycles. The third-order valence-electron chi connectivity index (χ3n) is 3.34. The standard InChI is InChI=1S/C15H14BrN3OS/c1-20-7-6-19-14(17-18-15(19)21)12-3-2-11-9-13(16)5-4-10(11)8-12/h2-5,8-9H,6-7H2,1H3,(H,18,21). The second-order valence-electron chi connectivity index (χ2n) is 4.70. The van der Waals surface area contributed by atoms with Crippen LogP contribution in [0.5, 0.6) is 0 Å². The number of nitrogens with one attached hydrogen (secondary N) is 1. The van der Waals surface area contributed by atoms with Crippen molar-refractivity contribution in [2.24, 2.45) is 0 Å². The molecule has 0 bridgehead atoms. The summed E-state index contributed by atoms with van der Waals surface area (Å²) in [7, 11) is 1.68. The summed E-state index contributed by atoms with van der Waals surface area (Å²) in [6, 6.07) is 12.5. The predicted molar refractivity (Wildman–Crippen MR) is 89.9 cm³/mol. The van der Waals surface area contributed by atoms with E-state index in [9.17, 15) is 0 Å². The molecule has 0 aliphatic carbocycles. The van der Waals surface area contributed by atoms with E-state index in [1.165, 1.54) is 10.8 Å². The molecule has 0 spiro atoms. The van der Waals surface area contributed by atoms with Gasteiger partial charge >= 0.3 is 0 Å². The van der Waals surface area contributed by atoms with Gasteiger partial charge in [0.25, 0.3) is 0 Å². The smallest absolute Gasteiger partial charge is 0.195 e. The fourth-order valence-electron chi connectivity index (χ4n) is 2.28. The van der Waals surface area contributed by atoms with Crippen LogP contribution in [0, 0.1) is 4.77 Å². The first kappa shape index (κ1) is 14.4. The van der Waals surface area contributed by atoms with Gasteiger partial charge in [-0.25, -0.2) is 0 Å². The van der Waals surface area contributed by atoms with Gasteiger partial charge in [-0.15, -0.1) is 0 Å². The zero-order valence-corrected chi connectivity index (χ0v) is 13.9. The maximum atomic E-state index is 5.28. The van der Waals surface area contributed by atoms with Crippen molar-refractivity contribution in [1.29, 1.82) is 0 Å². The normalized spacial score (nSPS) is 11.1. The molecular weight excluding hydrogens is 350 g/mol. The van der Waals surface area contributed by atoms with Crippen LogP contribution in [-0.4, -0.2) is 28.5 Å². The van der Waals surface area contributed by atoms with E-state index in [4.69, 9.17) is 17.0 Å². The highest BCUT2D eigenvalue weighted by Gasteiger charge is 2.09. The largest absolute Gasteiger partial charge is 0.383 e. The van der Waals surface area contributed by atoms with Gasteiger partial charge in [-0.2, -0.15) is 5.10 Å². The molecule has 0 saturated heterocycles. The fourth-order valence-corrected chi connectivity index (χ4v) is 2.89. The highest BCUT2D eigenvalue weighted by atomic mass is 79.9. The number of aromatic amines is 1. The fraction of sp³-hybridized carbons (Fsp3) is 0.200. The number of ether oxygens (including phenoxy) is 1. The van der Waals surface area contributed by atoms with Gasteiger partial charge in [0, 0.05) is 17.1 Å². The van der Waals surface area contributed by atoms with Crippen LogP contribution < -0.4 is 0 Å². The molecule has 21 heavy (non-hydrogen) atoms. The van der Waals surface area contributed by atoms with E-state index in [0.717, 1.165) is 15.9 Å². The number of benzene rings is 2. The van der Waals surface area contributed by atoms with Crippen LogP contribution in [0.2, 0.25) is 0 Å². The van der Waals surface area contributed by atoms with Crippen LogP contribution in [0.15, 0.2) is 40.9 Å². The lowest BCUT2D eigenvalue weighted by Crippen LogP contribution is -2.06. The summed E-state index contributed by atoms with van der Waals surface area (Å²) in [5, 5.41) is 9.55. The molecule has 0 aliphatic heterocycles. The molecule has 3 rings (SSSR count). The van der Waals surface area contributed by atoms with Crippen LogP contribution in [-0.2, 0) is 11.3 Å². The van der Waals surface area contributed by atoms with Gasteiger partial charge in [-0.1, -0.05) is 34.1 Å². The monoisotopic (exact) mass is 363 g/mol. The van der Waals surface area contributed by atoms with Crippen molar-refractivity contribution >= 4 is 38.9 Å². The number of hydrogen-bond donors (Lipinski definition) is 1. The van der Waals surface area contributed by atoms with Gasteiger partial charge in [-0.05, 0) is 41.2 Å². The Kier molecular flexibility index (Phi) is 4.19. The molecule has 2 aromatic carbocycles. The topological polar surface area (TPSA) is 42.8 Å². The lowest BCUT2D eigenvalue weighted by molar-refractivity contribution is 0.187. The van der Waals surface area contributed by atoms with Gasteiger partial charge in [0.2, 0.25) is 0 Å². The summed E-state index contributed by atoms with van der Waals surface area (Å²) in [4.78, 5) is 0. The Morgan fingerprint density at radius 1 is 1.24 bits per heavy atom. The van der Waals surface area contributed by atoms with Crippen molar-refractivity contribution in [1.82, 2.24) is 14.8 Å². The summed E-state index contributed by atoms with van der Waals surface area (Å²) >= 11 is 8.77. The molecular formula is C15H14BrN3OS. The summed E-state index contributed by atoms with van der Waals surface area (Å²) < 4.78 is 8.77. The van der Waals surface area contributed by atoms with E-state index in [2.05, 4.69) is 56.5 Å². The van der Waals surface area contributed by atoms with E-state index in [-0.39, 0.29) is 0 Å². The second-order valence-corrected chi connectivity index (χ2v) is 6.01. The minimum absolute atomic E-state index is 0.599. The van der Waals surface area contributed by atoms with Gasteiger partial charge in [-0.3, -0.25) is 9.67 Å². The van der Waals surface area contributed by atoms with Gasteiger partial charge in [0.05, 0.1) is 13.2 Å². The molecule has 6 heteroatoms. The van der Waals surface area contributed by atoms with Gasteiger partial charge in [0.1, 0.15) is 0 Å². The predicted octanol–water partition coefficient (Wildman–Crippen LogP) is 4.17. The van der Waals surface area contributed by atoms with Crippen LogP contribution in [0.3, 0.4) is 0 Å². The Bertz CT molecular complexity index is 840. The van der Waals surface area contributed by atoms with E-state index in [1.54, 1.807) is 7.11 Å². The number of aromatic nitrogens is 3. The molecule has 3 aromatic rings. The third-order valence-corrected chi connectivity index (χ3v) is 4.14. The summed E-state index contributed by atoms with van der Waals surface area (Å²) in [6.07, 6.45) is 0. The molecule has 0 radical (unpaired) electrons. The van der Waals surface area contributed by atoms with Crippen molar-refractivity contribution in [2.45, 2.75) is 6.54 Å². The molecule has 0 atom stereocenters. The summed E-state index contributed by atoms with van der Waals surface area (Å²) in [5.41, 5.74) is 1.04. The Labute approximate surface area is 135 Å². The van der Waals surface area contributed by atoms with Crippen molar-refractivity contribution in [3.05, 3.63) is 45.6 Å². The van der Waals surface area contributed by atoms with Crippen molar-refractivity contribution in [2.75, 3.05) is 13.7 Å². The molecule has 0 aliphatic rings. The maximum absolute atomic E-state index is 5.28. The highest BCUT2D eigenvalue weighted by Crippen LogP contribution is 2.25. The highest BCUT2D eigenvalue weighted by molar-refractivity contribution is 9.10. The molecule has 0 saturated carbocycles. The molecule has 1 aromatic heterocycles. The Balaban J connectivity index is 2.08. The number of fused-ring (bicyclic) bond motifs is 1.